The number of nitrogens with one attached hydrogen (secondary N) is 2. The lowest BCUT2D eigenvalue weighted by Gasteiger charge is -2.10. The van der Waals surface area contributed by atoms with Crippen LogP contribution in [0.25, 0.3) is 0 Å². The Bertz CT molecular complexity index is 120. The first-order valence-electron chi connectivity index (χ1n) is 3.30. The van der Waals surface area contributed by atoms with E-state index in [4.69, 9.17) is 16.0 Å². The summed E-state index contributed by atoms with van der Waals surface area (Å²) < 4.78 is 0. The van der Waals surface area contributed by atoms with Crippen LogP contribution in [-0.2, 0) is 4.79 Å². The van der Waals surface area contributed by atoms with Crippen molar-refractivity contribution in [1.29, 1.82) is 0 Å². The topological polar surface area (TPSA) is 108 Å². The van der Waals surface area contributed by atoms with Crippen molar-refractivity contribution in [3.8, 4) is 0 Å². The summed E-state index contributed by atoms with van der Waals surface area (Å²) in [6, 6.07) is -0.788. The molecule has 0 saturated carbocycles. The van der Waals surface area contributed by atoms with Crippen LogP contribution >= 0.6 is 0 Å². The number of nitrogens with two attached hydrogens (primary N) is 1. The molecule has 0 spiro atoms. The van der Waals surface area contributed by atoms with Gasteiger partial charge in [0.25, 0.3) is 0 Å². The van der Waals surface area contributed by atoms with Gasteiger partial charge in [-0.1, -0.05) is 0 Å². The molecule has 6 N–H and O–H groups in total. The Morgan fingerprint density at radius 3 is 2.64 bits per heavy atom. The highest BCUT2D eigenvalue weighted by atomic mass is 16.5. The number of hydrazine groups is 1. The first-order chi connectivity index (χ1) is 5.22. The Labute approximate surface area is 64.3 Å². The van der Waals surface area contributed by atoms with Crippen molar-refractivity contribution in [2.24, 2.45) is 5.73 Å². The molecule has 0 aromatic heterocycles. The highest BCUT2D eigenvalue weighted by molar-refractivity contribution is 5.73. The van der Waals surface area contributed by atoms with Gasteiger partial charge in [0.15, 0.2) is 0 Å². The van der Waals surface area contributed by atoms with Crippen LogP contribution in [0.3, 0.4) is 0 Å². The molecular weight excluding hydrogens is 150 g/mol. The van der Waals surface area contributed by atoms with Crippen molar-refractivity contribution in [1.82, 2.24) is 11.0 Å². The molecule has 0 radical (unpaired) electrons. The highest BCUT2D eigenvalue weighted by Crippen LogP contribution is 1.94. The van der Waals surface area contributed by atoms with Crippen molar-refractivity contribution in [3.63, 3.8) is 0 Å². The molecule has 0 fully saturated rings. The van der Waals surface area contributed by atoms with E-state index in [9.17, 15) is 4.79 Å². The predicted molar refractivity (Wildman–Crippen MR) is 37.8 cm³/mol. The van der Waals surface area contributed by atoms with Gasteiger partial charge in [0, 0.05) is 0 Å². The van der Waals surface area contributed by atoms with Crippen LogP contribution in [0.2, 0.25) is 0 Å². The second-order valence-corrected chi connectivity index (χ2v) is 2.08. The van der Waals surface area contributed by atoms with Gasteiger partial charge in [-0.25, -0.2) is 5.43 Å². The molecule has 0 rings (SSSR count). The summed E-state index contributed by atoms with van der Waals surface area (Å²) in [6.45, 7) is 0.441. The number of hydrogen-bond donors (Lipinski definition) is 5. The van der Waals surface area contributed by atoms with Gasteiger partial charge in [0.1, 0.15) is 6.04 Å². The largest absolute Gasteiger partial charge is 0.480 e. The number of carboxylic acid groups (broad SMARTS) is 1. The summed E-state index contributed by atoms with van der Waals surface area (Å²) in [6.07, 6.45) is 0.991. The van der Waals surface area contributed by atoms with Crippen LogP contribution < -0.4 is 16.7 Å². The smallest absolute Gasteiger partial charge is 0.322 e. The molecule has 0 aliphatic heterocycles. The molecule has 0 bridgehead atoms. The number of rotatable bonds is 6. The molecule has 0 aromatic carbocycles. The number of carboxylic acids is 1. The van der Waals surface area contributed by atoms with Gasteiger partial charge in [-0.05, 0) is 19.4 Å². The van der Waals surface area contributed by atoms with Crippen molar-refractivity contribution in [3.05, 3.63) is 0 Å². The Kier molecular flexibility index (Phi) is 5.67. The summed E-state index contributed by atoms with van der Waals surface area (Å²) in [5.74, 6) is -1.01. The van der Waals surface area contributed by atoms with Gasteiger partial charge in [-0.15, -0.1) is 5.59 Å². The molecule has 6 heteroatoms. The summed E-state index contributed by atoms with van der Waals surface area (Å²) >= 11 is 0. The van der Waals surface area contributed by atoms with E-state index in [-0.39, 0.29) is 0 Å². The molecule has 0 heterocycles. The van der Waals surface area contributed by atoms with Gasteiger partial charge < -0.3 is 16.0 Å². The van der Waals surface area contributed by atoms with Crippen molar-refractivity contribution in [2.45, 2.75) is 18.9 Å². The molecule has 66 valence electrons. The average Bonchev–Trinajstić information content (AvgIpc) is 1.97. The van der Waals surface area contributed by atoms with Crippen LogP contribution in [-0.4, -0.2) is 28.9 Å². The quantitative estimate of drug-likeness (QED) is 0.310. The lowest BCUT2D eigenvalue weighted by atomic mass is 10.2. The van der Waals surface area contributed by atoms with E-state index in [1.165, 1.54) is 0 Å². The third-order valence-corrected chi connectivity index (χ3v) is 1.23. The van der Waals surface area contributed by atoms with Crippen LogP contribution in [0.4, 0.5) is 0 Å². The number of carbonyl (C=O) groups is 1. The third-order valence-electron chi connectivity index (χ3n) is 1.23. The molecule has 0 aliphatic rings. The van der Waals surface area contributed by atoms with Gasteiger partial charge in [-0.2, -0.15) is 0 Å². The van der Waals surface area contributed by atoms with E-state index >= 15 is 0 Å². The Balaban J connectivity index is 3.60. The zero-order valence-electron chi connectivity index (χ0n) is 6.08. The predicted octanol–water partition coefficient (Wildman–Crippen LogP) is -1.34. The van der Waals surface area contributed by atoms with E-state index in [0.717, 1.165) is 0 Å². The number of hydrogen-bond acceptors (Lipinski definition) is 5. The van der Waals surface area contributed by atoms with Gasteiger partial charge >= 0.3 is 5.97 Å². The first-order valence-corrected chi connectivity index (χ1v) is 3.30. The molecular formula is C5H13N3O3. The van der Waals surface area contributed by atoms with Crippen LogP contribution in [0.5, 0.6) is 0 Å². The Morgan fingerprint density at radius 1 is 1.64 bits per heavy atom. The molecule has 1 atom stereocenters. The maximum absolute atomic E-state index is 10.3. The fourth-order valence-corrected chi connectivity index (χ4v) is 0.657. The molecule has 0 unspecified atom stereocenters. The van der Waals surface area contributed by atoms with Gasteiger partial charge in [-0.3, -0.25) is 4.79 Å². The third kappa shape index (κ3) is 4.68. The monoisotopic (exact) mass is 163 g/mol. The van der Waals surface area contributed by atoms with E-state index in [0.29, 0.717) is 19.4 Å². The minimum Gasteiger partial charge on any atom is -0.480 e. The fourth-order valence-electron chi connectivity index (χ4n) is 0.657. The zero-order valence-corrected chi connectivity index (χ0v) is 6.08. The van der Waals surface area contributed by atoms with Crippen molar-refractivity contribution in [2.75, 3.05) is 6.54 Å². The van der Waals surface area contributed by atoms with Crippen molar-refractivity contribution >= 4 is 5.97 Å². The highest BCUT2D eigenvalue weighted by Gasteiger charge is 2.14. The lowest BCUT2D eigenvalue weighted by molar-refractivity contribution is -0.141. The molecule has 0 aromatic rings. The van der Waals surface area contributed by atoms with Crippen molar-refractivity contribution < 1.29 is 15.1 Å². The minimum atomic E-state index is -1.01. The molecule has 6 nitrogen and oxygen atoms in total. The summed E-state index contributed by atoms with van der Waals surface area (Å²) in [4.78, 5) is 10.3. The minimum absolute atomic E-state index is 0.388. The molecule has 0 amide bonds. The summed E-state index contributed by atoms with van der Waals surface area (Å²) in [5, 5.41) is 16.6. The summed E-state index contributed by atoms with van der Waals surface area (Å²) in [5.41, 5.74) is 8.92. The van der Waals surface area contributed by atoms with E-state index in [2.05, 4.69) is 5.43 Å². The second kappa shape index (κ2) is 6.05. The zero-order chi connectivity index (χ0) is 8.69. The lowest BCUT2D eigenvalue weighted by Crippen LogP contribution is -2.44. The fraction of sp³-hybridized carbons (Fsp3) is 0.800. The van der Waals surface area contributed by atoms with E-state index in [1.54, 1.807) is 5.59 Å². The molecule has 0 saturated heterocycles. The first kappa shape index (κ1) is 10.3. The van der Waals surface area contributed by atoms with Crippen LogP contribution in [0.15, 0.2) is 0 Å². The standard InChI is InChI=1S/C5H13N3O3/c6-3-1-2-4(5(9)10)7-8-11/h4,7-8,11H,1-3,6H2,(H,9,10)/t4-/m0/s1. The molecule has 11 heavy (non-hydrogen) atoms. The SMILES string of the molecule is NCCC[C@H](NNO)C(=O)O. The maximum atomic E-state index is 10.3. The van der Waals surface area contributed by atoms with Gasteiger partial charge in [0.05, 0.1) is 0 Å². The number of aliphatic carboxylic acids is 1. The second-order valence-electron chi connectivity index (χ2n) is 2.08. The summed E-state index contributed by atoms with van der Waals surface area (Å²) in [7, 11) is 0. The average molecular weight is 163 g/mol. The van der Waals surface area contributed by atoms with E-state index < -0.39 is 12.0 Å². The Hall–Kier alpha value is -0.690. The normalized spacial score (nSPS) is 12.9. The Morgan fingerprint density at radius 2 is 2.27 bits per heavy atom. The van der Waals surface area contributed by atoms with Crippen LogP contribution in [0.1, 0.15) is 12.8 Å². The van der Waals surface area contributed by atoms with Crippen LogP contribution in [0, 0.1) is 0 Å². The molecule has 0 aliphatic carbocycles. The maximum Gasteiger partial charge on any atom is 0.322 e. The van der Waals surface area contributed by atoms with Gasteiger partial charge in [0.2, 0.25) is 0 Å². The van der Waals surface area contributed by atoms with E-state index in [1.807, 2.05) is 0 Å².